The Bertz CT molecular complexity index is 692. The van der Waals surface area contributed by atoms with Crippen molar-refractivity contribution < 1.29 is 19.1 Å². The summed E-state index contributed by atoms with van der Waals surface area (Å²) < 4.78 is 10.4. The molecule has 0 fully saturated rings. The molecule has 4 heteroatoms. The molecule has 2 aromatic rings. The third-order valence-electron chi connectivity index (χ3n) is 3.50. The van der Waals surface area contributed by atoms with Gasteiger partial charge < -0.3 is 9.47 Å². The molecule has 2 aromatic carbocycles. The Morgan fingerprint density at radius 3 is 1.68 bits per heavy atom. The summed E-state index contributed by atoms with van der Waals surface area (Å²) in [4.78, 5) is 25.2. The van der Waals surface area contributed by atoms with Gasteiger partial charge in [-0.1, -0.05) is 67.6 Å². The Labute approximate surface area is 148 Å². The van der Waals surface area contributed by atoms with Crippen LogP contribution in [0.25, 0.3) is 5.57 Å². The van der Waals surface area contributed by atoms with E-state index in [9.17, 15) is 9.59 Å². The number of carbonyl (C=O) groups excluding carboxylic acids is 2. The summed E-state index contributed by atoms with van der Waals surface area (Å²) in [5, 5.41) is 0. The standard InChI is InChI=1S/C21H22O4/c1-3-15-25-21(23)19(20(22)24-4-2)18(16-11-7-5-8-12-16)17-13-9-6-10-14-17/h5-14H,3-4,15H2,1-2H3. The van der Waals surface area contributed by atoms with E-state index in [1.807, 2.05) is 67.6 Å². The lowest BCUT2D eigenvalue weighted by Crippen LogP contribution is -2.21. The van der Waals surface area contributed by atoms with E-state index in [4.69, 9.17) is 9.47 Å². The van der Waals surface area contributed by atoms with Crippen molar-refractivity contribution >= 4 is 17.5 Å². The Morgan fingerprint density at radius 2 is 1.24 bits per heavy atom. The molecule has 0 bridgehead atoms. The molecule has 0 radical (unpaired) electrons. The van der Waals surface area contributed by atoms with Gasteiger partial charge in [0, 0.05) is 5.57 Å². The summed E-state index contributed by atoms with van der Waals surface area (Å²) in [6.45, 7) is 4.03. The molecule has 0 aromatic heterocycles. The van der Waals surface area contributed by atoms with E-state index in [0.717, 1.165) is 11.1 Å². The van der Waals surface area contributed by atoms with Gasteiger partial charge in [0.05, 0.1) is 13.2 Å². The van der Waals surface area contributed by atoms with Crippen LogP contribution in [-0.4, -0.2) is 25.2 Å². The van der Waals surface area contributed by atoms with Crippen molar-refractivity contribution in [1.29, 1.82) is 0 Å². The van der Waals surface area contributed by atoms with Crippen molar-refractivity contribution in [3.63, 3.8) is 0 Å². The molecular formula is C21H22O4. The molecule has 0 aliphatic rings. The van der Waals surface area contributed by atoms with Crippen LogP contribution >= 0.6 is 0 Å². The molecule has 0 saturated heterocycles. The van der Waals surface area contributed by atoms with Gasteiger partial charge in [-0.2, -0.15) is 0 Å². The first kappa shape index (κ1) is 18.5. The van der Waals surface area contributed by atoms with Gasteiger partial charge in [0.25, 0.3) is 0 Å². The smallest absolute Gasteiger partial charge is 0.346 e. The second kappa shape index (κ2) is 9.42. The van der Waals surface area contributed by atoms with E-state index < -0.39 is 11.9 Å². The van der Waals surface area contributed by atoms with Gasteiger partial charge in [-0.3, -0.25) is 0 Å². The zero-order valence-corrected chi connectivity index (χ0v) is 14.5. The molecule has 0 amide bonds. The summed E-state index contributed by atoms with van der Waals surface area (Å²) in [5.74, 6) is -1.34. The van der Waals surface area contributed by atoms with Crippen LogP contribution < -0.4 is 0 Å². The van der Waals surface area contributed by atoms with Crippen molar-refractivity contribution in [2.24, 2.45) is 0 Å². The second-order valence-corrected chi connectivity index (χ2v) is 5.34. The fourth-order valence-corrected chi connectivity index (χ4v) is 2.42. The minimum absolute atomic E-state index is 0.0762. The number of benzene rings is 2. The molecular weight excluding hydrogens is 316 g/mol. The second-order valence-electron chi connectivity index (χ2n) is 5.34. The minimum atomic E-state index is -0.675. The van der Waals surface area contributed by atoms with Crippen LogP contribution in [0, 0.1) is 0 Å². The van der Waals surface area contributed by atoms with Gasteiger partial charge in [-0.15, -0.1) is 0 Å². The summed E-state index contributed by atoms with van der Waals surface area (Å²) in [6.07, 6.45) is 0.674. The van der Waals surface area contributed by atoms with Crippen LogP contribution in [0.4, 0.5) is 0 Å². The highest BCUT2D eigenvalue weighted by Crippen LogP contribution is 2.28. The quantitative estimate of drug-likeness (QED) is 0.331. The molecule has 25 heavy (non-hydrogen) atoms. The Balaban J connectivity index is 2.67. The zero-order valence-electron chi connectivity index (χ0n) is 14.5. The van der Waals surface area contributed by atoms with Crippen LogP contribution in [0.1, 0.15) is 31.4 Å². The average molecular weight is 338 g/mol. The van der Waals surface area contributed by atoms with Crippen molar-refractivity contribution in [2.45, 2.75) is 20.3 Å². The maximum Gasteiger partial charge on any atom is 0.346 e. The molecule has 0 saturated carbocycles. The highest BCUT2D eigenvalue weighted by Gasteiger charge is 2.27. The summed E-state index contributed by atoms with van der Waals surface area (Å²) in [7, 11) is 0. The molecule has 4 nitrogen and oxygen atoms in total. The number of carbonyl (C=O) groups is 2. The maximum absolute atomic E-state index is 12.6. The Morgan fingerprint density at radius 1 is 0.760 bits per heavy atom. The number of rotatable bonds is 7. The molecule has 2 rings (SSSR count). The highest BCUT2D eigenvalue weighted by atomic mass is 16.6. The molecule has 0 unspecified atom stereocenters. The van der Waals surface area contributed by atoms with Crippen LogP contribution in [0.3, 0.4) is 0 Å². The van der Waals surface area contributed by atoms with Gasteiger partial charge in [-0.05, 0) is 24.5 Å². The molecule has 0 heterocycles. The largest absolute Gasteiger partial charge is 0.462 e. The monoisotopic (exact) mass is 338 g/mol. The minimum Gasteiger partial charge on any atom is -0.462 e. The first-order valence-electron chi connectivity index (χ1n) is 8.38. The van der Waals surface area contributed by atoms with Crippen LogP contribution in [-0.2, 0) is 19.1 Å². The van der Waals surface area contributed by atoms with Crippen LogP contribution in [0.5, 0.6) is 0 Å². The fraction of sp³-hybridized carbons (Fsp3) is 0.238. The Hall–Kier alpha value is -2.88. The van der Waals surface area contributed by atoms with E-state index in [2.05, 4.69) is 0 Å². The third kappa shape index (κ3) is 4.80. The van der Waals surface area contributed by atoms with Gasteiger partial charge >= 0.3 is 11.9 Å². The average Bonchev–Trinajstić information content (AvgIpc) is 2.65. The maximum atomic E-state index is 12.6. The van der Waals surface area contributed by atoms with E-state index in [1.54, 1.807) is 6.92 Å². The van der Waals surface area contributed by atoms with Crippen molar-refractivity contribution in [3.8, 4) is 0 Å². The summed E-state index contributed by atoms with van der Waals surface area (Å²) >= 11 is 0. The zero-order chi connectivity index (χ0) is 18.1. The van der Waals surface area contributed by atoms with E-state index >= 15 is 0 Å². The van der Waals surface area contributed by atoms with Crippen molar-refractivity contribution in [1.82, 2.24) is 0 Å². The number of hydrogen-bond acceptors (Lipinski definition) is 4. The van der Waals surface area contributed by atoms with E-state index in [0.29, 0.717) is 12.0 Å². The SMILES string of the molecule is CCCOC(=O)C(C(=O)OCC)=C(c1ccccc1)c1ccccc1. The van der Waals surface area contributed by atoms with Gasteiger partial charge in [0.1, 0.15) is 0 Å². The van der Waals surface area contributed by atoms with Gasteiger partial charge in [0.15, 0.2) is 5.57 Å². The number of hydrogen-bond donors (Lipinski definition) is 0. The van der Waals surface area contributed by atoms with E-state index in [-0.39, 0.29) is 18.8 Å². The predicted octanol–water partition coefficient (Wildman–Crippen LogP) is 4.00. The molecule has 0 N–H and O–H groups in total. The van der Waals surface area contributed by atoms with E-state index in [1.165, 1.54) is 0 Å². The lowest BCUT2D eigenvalue weighted by Gasteiger charge is -2.15. The van der Waals surface area contributed by atoms with Gasteiger partial charge in [0.2, 0.25) is 0 Å². The first-order chi connectivity index (χ1) is 12.2. The Kier molecular flexibility index (Phi) is 6.96. The van der Waals surface area contributed by atoms with Gasteiger partial charge in [-0.25, -0.2) is 9.59 Å². The third-order valence-corrected chi connectivity index (χ3v) is 3.50. The summed E-state index contributed by atoms with van der Waals surface area (Å²) in [6, 6.07) is 18.6. The normalized spacial score (nSPS) is 10.0. The lowest BCUT2D eigenvalue weighted by molar-refractivity contribution is -0.146. The molecule has 0 aliphatic carbocycles. The first-order valence-corrected chi connectivity index (χ1v) is 8.38. The number of esters is 2. The highest BCUT2D eigenvalue weighted by molar-refractivity contribution is 6.21. The van der Waals surface area contributed by atoms with Crippen molar-refractivity contribution in [2.75, 3.05) is 13.2 Å². The lowest BCUT2D eigenvalue weighted by atomic mass is 9.93. The molecule has 130 valence electrons. The molecule has 0 spiro atoms. The fourth-order valence-electron chi connectivity index (χ4n) is 2.42. The summed E-state index contributed by atoms with van der Waals surface area (Å²) in [5.41, 5.74) is 1.95. The van der Waals surface area contributed by atoms with Crippen molar-refractivity contribution in [3.05, 3.63) is 77.4 Å². The topological polar surface area (TPSA) is 52.6 Å². The molecule has 0 aliphatic heterocycles. The van der Waals surface area contributed by atoms with Crippen LogP contribution in [0.15, 0.2) is 66.2 Å². The number of ether oxygens (including phenoxy) is 2. The molecule has 0 atom stereocenters. The predicted molar refractivity (Wildman–Crippen MR) is 96.8 cm³/mol. The van der Waals surface area contributed by atoms with Crippen LogP contribution in [0.2, 0.25) is 0 Å².